The summed E-state index contributed by atoms with van der Waals surface area (Å²) in [7, 11) is 0. The maximum atomic E-state index is 12.2. The number of carbonyl (C=O) groups excluding carboxylic acids is 1. The Morgan fingerprint density at radius 2 is 1.93 bits per heavy atom. The van der Waals surface area contributed by atoms with Crippen LogP contribution in [-0.2, 0) is 11.4 Å². The van der Waals surface area contributed by atoms with Crippen molar-refractivity contribution < 1.29 is 24.2 Å². The summed E-state index contributed by atoms with van der Waals surface area (Å²) in [6.45, 7) is 3.86. The minimum atomic E-state index is -0.892. The van der Waals surface area contributed by atoms with Crippen LogP contribution in [0.25, 0.3) is 0 Å². The van der Waals surface area contributed by atoms with Gasteiger partial charge in [-0.15, -0.1) is 0 Å². The number of aliphatic carboxylic acids is 1. The normalized spacial score (nSPS) is 11.7. The number of carbonyl (C=O) groups is 2. The molecule has 2 aromatic carbocycles. The molecule has 3 rings (SSSR count). The maximum Gasteiger partial charge on any atom is 0.303 e. The molecule has 1 N–H and O–H groups in total. The van der Waals surface area contributed by atoms with Gasteiger partial charge in [0.05, 0.1) is 5.56 Å². The number of Topliss-reactive ketones (excluding diaryl/α,β-unsaturated/α-hetero) is 1. The third-order valence-corrected chi connectivity index (χ3v) is 5.47. The van der Waals surface area contributed by atoms with E-state index in [0.717, 1.165) is 16.7 Å². The molecule has 5 nitrogen and oxygen atoms in total. The minimum absolute atomic E-state index is 0.0389. The SMILES string of the molecule is CC(=O)c1ccc(OCc2ccsc2)cc1O[C@H](CCC(=O)O)c1ccccc1C. The minimum Gasteiger partial charge on any atom is -0.489 e. The molecule has 156 valence electrons. The molecular weight excluding hydrogens is 400 g/mol. The topological polar surface area (TPSA) is 72.8 Å². The zero-order valence-electron chi connectivity index (χ0n) is 17.0. The molecule has 0 aliphatic rings. The fourth-order valence-electron chi connectivity index (χ4n) is 3.16. The number of hydrogen-bond donors (Lipinski definition) is 1. The van der Waals surface area contributed by atoms with Crippen LogP contribution >= 0.6 is 11.3 Å². The zero-order chi connectivity index (χ0) is 21.5. The lowest BCUT2D eigenvalue weighted by atomic mass is 9.99. The van der Waals surface area contributed by atoms with Gasteiger partial charge in [-0.05, 0) is 65.9 Å². The molecule has 0 bridgehead atoms. The van der Waals surface area contributed by atoms with Crippen LogP contribution in [0.15, 0.2) is 59.3 Å². The summed E-state index contributed by atoms with van der Waals surface area (Å²) in [5.41, 5.74) is 3.41. The van der Waals surface area contributed by atoms with Gasteiger partial charge in [-0.3, -0.25) is 9.59 Å². The Kier molecular flexibility index (Phi) is 7.25. The lowest BCUT2D eigenvalue weighted by Gasteiger charge is -2.22. The van der Waals surface area contributed by atoms with Gasteiger partial charge in [0.15, 0.2) is 5.78 Å². The average Bonchev–Trinajstić information content (AvgIpc) is 3.23. The molecule has 6 heteroatoms. The van der Waals surface area contributed by atoms with Crippen molar-refractivity contribution in [3.05, 3.63) is 81.5 Å². The summed E-state index contributed by atoms with van der Waals surface area (Å²) in [6.07, 6.45) is -0.243. The predicted octanol–water partition coefficient (Wildman–Crippen LogP) is 5.82. The van der Waals surface area contributed by atoms with Crippen molar-refractivity contribution in [2.24, 2.45) is 0 Å². The van der Waals surface area contributed by atoms with E-state index in [1.54, 1.807) is 29.5 Å². The van der Waals surface area contributed by atoms with E-state index in [1.165, 1.54) is 6.92 Å². The van der Waals surface area contributed by atoms with Crippen LogP contribution in [-0.4, -0.2) is 16.9 Å². The number of ether oxygens (including phenoxy) is 2. The van der Waals surface area contributed by atoms with Crippen LogP contribution in [0.1, 0.15) is 52.9 Å². The molecule has 0 unspecified atom stereocenters. The van der Waals surface area contributed by atoms with E-state index in [4.69, 9.17) is 14.6 Å². The van der Waals surface area contributed by atoms with Gasteiger partial charge >= 0.3 is 5.97 Å². The Hall–Kier alpha value is -3.12. The summed E-state index contributed by atoms with van der Waals surface area (Å²) in [4.78, 5) is 23.3. The highest BCUT2D eigenvalue weighted by Crippen LogP contribution is 2.33. The van der Waals surface area contributed by atoms with Crippen molar-refractivity contribution in [3.8, 4) is 11.5 Å². The fraction of sp³-hybridized carbons (Fsp3) is 0.250. The number of thiophene rings is 1. The van der Waals surface area contributed by atoms with Gasteiger partial charge in [0.25, 0.3) is 0 Å². The van der Waals surface area contributed by atoms with E-state index in [0.29, 0.717) is 23.7 Å². The summed E-state index contributed by atoms with van der Waals surface area (Å²) in [5.74, 6) is -0.0418. The number of carboxylic acid groups (broad SMARTS) is 1. The highest BCUT2D eigenvalue weighted by Gasteiger charge is 2.20. The molecule has 0 saturated heterocycles. The fourth-order valence-corrected chi connectivity index (χ4v) is 3.81. The number of benzene rings is 2. The second-order valence-corrected chi connectivity index (χ2v) is 7.81. The van der Waals surface area contributed by atoms with Crippen LogP contribution in [0.3, 0.4) is 0 Å². The third-order valence-electron chi connectivity index (χ3n) is 4.74. The Bertz CT molecular complexity index is 1010. The Morgan fingerprint density at radius 3 is 2.60 bits per heavy atom. The number of hydrogen-bond acceptors (Lipinski definition) is 5. The van der Waals surface area contributed by atoms with Gasteiger partial charge in [0.1, 0.15) is 24.2 Å². The van der Waals surface area contributed by atoms with Crippen LogP contribution in [0.2, 0.25) is 0 Å². The number of aryl methyl sites for hydroxylation is 1. The predicted molar refractivity (Wildman–Crippen MR) is 117 cm³/mol. The van der Waals surface area contributed by atoms with E-state index in [2.05, 4.69) is 0 Å². The van der Waals surface area contributed by atoms with Gasteiger partial charge < -0.3 is 14.6 Å². The number of rotatable bonds is 10. The van der Waals surface area contributed by atoms with Crippen molar-refractivity contribution in [2.75, 3.05) is 0 Å². The highest BCUT2D eigenvalue weighted by atomic mass is 32.1. The molecule has 0 spiro atoms. The smallest absolute Gasteiger partial charge is 0.303 e. The maximum absolute atomic E-state index is 12.2. The second-order valence-electron chi connectivity index (χ2n) is 7.03. The van der Waals surface area contributed by atoms with E-state index < -0.39 is 12.1 Å². The summed E-state index contributed by atoms with van der Waals surface area (Å²) >= 11 is 1.60. The van der Waals surface area contributed by atoms with Gasteiger partial charge in [-0.1, -0.05) is 24.3 Å². The van der Waals surface area contributed by atoms with Gasteiger partial charge in [0.2, 0.25) is 0 Å². The molecule has 30 heavy (non-hydrogen) atoms. The summed E-state index contributed by atoms with van der Waals surface area (Å²) in [6, 6.07) is 14.8. The van der Waals surface area contributed by atoms with Crippen LogP contribution in [0, 0.1) is 6.92 Å². The van der Waals surface area contributed by atoms with Crippen molar-refractivity contribution in [1.29, 1.82) is 0 Å². The first-order valence-corrected chi connectivity index (χ1v) is 10.6. The van der Waals surface area contributed by atoms with Crippen LogP contribution in [0.4, 0.5) is 0 Å². The van der Waals surface area contributed by atoms with Crippen molar-refractivity contribution >= 4 is 23.1 Å². The summed E-state index contributed by atoms with van der Waals surface area (Å²) in [5, 5.41) is 13.2. The lowest BCUT2D eigenvalue weighted by Crippen LogP contribution is -2.13. The first kappa shape index (κ1) is 21.6. The highest BCUT2D eigenvalue weighted by molar-refractivity contribution is 7.07. The lowest BCUT2D eigenvalue weighted by molar-refractivity contribution is -0.137. The van der Waals surface area contributed by atoms with Crippen molar-refractivity contribution in [3.63, 3.8) is 0 Å². The van der Waals surface area contributed by atoms with Crippen molar-refractivity contribution in [1.82, 2.24) is 0 Å². The third kappa shape index (κ3) is 5.70. The van der Waals surface area contributed by atoms with Crippen LogP contribution < -0.4 is 9.47 Å². The Balaban J connectivity index is 1.88. The quantitative estimate of drug-likeness (QED) is 0.415. The molecule has 0 amide bonds. The summed E-state index contributed by atoms with van der Waals surface area (Å²) < 4.78 is 12.1. The standard InChI is InChI=1S/C24H24O5S/c1-16-5-3-4-6-20(16)22(9-10-24(26)27)29-23-13-19(7-8-21(23)17(2)25)28-14-18-11-12-30-15-18/h3-8,11-13,15,22H,9-10,14H2,1-2H3,(H,26,27)/t22-/m1/s1. The molecule has 0 radical (unpaired) electrons. The first-order chi connectivity index (χ1) is 14.4. The molecule has 0 aliphatic heterocycles. The molecule has 1 atom stereocenters. The Labute approximate surface area is 179 Å². The van der Waals surface area contributed by atoms with Gasteiger partial charge in [0, 0.05) is 12.5 Å². The van der Waals surface area contributed by atoms with E-state index in [1.807, 2.05) is 48.0 Å². The number of ketones is 1. The van der Waals surface area contributed by atoms with E-state index in [-0.39, 0.29) is 18.6 Å². The van der Waals surface area contributed by atoms with Gasteiger partial charge in [-0.25, -0.2) is 0 Å². The largest absolute Gasteiger partial charge is 0.489 e. The zero-order valence-corrected chi connectivity index (χ0v) is 17.8. The average molecular weight is 425 g/mol. The first-order valence-electron chi connectivity index (χ1n) is 9.67. The number of carboxylic acids is 1. The van der Waals surface area contributed by atoms with Gasteiger partial charge in [-0.2, -0.15) is 11.3 Å². The molecule has 0 aliphatic carbocycles. The molecular formula is C24H24O5S. The van der Waals surface area contributed by atoms with Crippen LogP contribution in [0.5, 0.6) is 11.5 Å². The monoisotopic (exact) mass is 424 g/mol. The van der Waals surface area contributed by atoms with E-state index >= 15 is 0 Å². The molecule has 0 fully saturated rings. The molecule has 1 heterocycles. The second kappa shape index (κ2) is 10.1. The molecule has 0 saturated carbocycles. The molecule has 1 aromatic heterocycles. The van der Waals surface area contributed by atoms with Crippen molar-refractivity contribution in [2.45, 2.75) is 39.4 Å². The Morgan fingerprint density at radius 1 is 1.13 bits per heavy atom. The molecule has 3 aromatic rings. The van der Waals surface area contributed by atoms with E-state index in [9.17, 15) is 9.59 Å².